The number of benzene rings is 1. The van der Waals surface area contributed by atoms with Crippen LogP contribution in [0.3, 0.4) is 0 Å². The van der Waals surface area contributed by atoms with Crippen LogP contribution in [0.15, 0.2) is 30.3 Å². The molecular weight excluding hydrogens is 258 g/mol. The molecule has 0 fully saturated rings. The summed E-state index contributed by atoms with van der Waals surface area (Å²) in [7, 11) is 0. The van der Waals surface area contributed by atoms with Gasteiger partial charge in [0.15, 0.2) is 0 Å². The smallest absolute Gasteiger partial charge is 0.328 e. The van der Waals surface area contributed by atoms with Gasteiger partial charge in [0.25, 0.3) is 0 Å². The fraction of sp³-hybridized carbons (Fsp3) is 0.533. The van der Waals surface area contributed by atoms with E-state index in [1.54, 1.807) is 0 Å². The highest BCUT2D eigenvalue weighted by molar-refractivity contribution is 7.99. The van der Waals surface area contributed by atoms with E-state index in [-0.39, 0.29) is 0 Å². The minimum Gasteiger partial charge on any atom is -0.480 e. The van der Waals surface area contributed by atoms with Gasteiger partial charge in [0, 0.05) is 0 Å². The van der Waals surface area contributed by atoms with Gasteiger partial charge in [0.05, 0.1) is 0 Å². The van der Waals surface area contributed by atoms with Crippen molar-refractivity contribution in [2.45, 2.75) is 32.2 Å². The number of likely N-dealkylation sites (N-methyl/N-ethyl adjacent to an activating group) is 1. The predicted octanol–water partition coefficient (Wildman–Crippen LogP) is 3.11. The van der Waals surface area contributed by atoms with E-state index in [4.69, 9.17) is 0 Å². The molecule has 0 bridgehead atoms. The van der Waals surface area contributed by atoms with E-state index in [9.17, 15) is 9.90 Å². The van der Waals surface area contributed by atoms with E-state index in [1.165, 1.54) is 0 Å². The van der Waals surface area contributed by atoms with Crippen LogP contribution in [-0.2, 0) is 10.3 Å². The van der Waals surface area contributed by atoms with Gasteiger partial charge < -0.3 is 5.11 Å². The molecule has 19 heavy (non-hydrogen) atoms. The molecule has 2 N–H and O–H groups in total. The van der Waals surface area contributed by atoms with Gasteiger partial charge in [-0.2, -0.15) is 11.8 Å². The molecule has 0 amide bonds. The SMILES string of the molecule is CCCSCCC(NCC)(C(=O)O)c1ccccc1. The Balaban J connectivity index is 2.91. The third-order valence-corrected chi connectivity index (χ3v) is 4.27. The van der Waals surface area contributed by atoms with Crippen molar-refractivity contribution in [2.75, 3.05) is 18.1 Å². The fourth-order valence-corrected chi connectivity index (χ4v) is 3.08. The maximum absolute atomic E-state index is 11.8. The Morgan fingerprint density at radius 1 is 1.26 bits per heavy atom. The summed E-state index contributed by atoms with van der Waals surface area (Å²) in [6.07, 6.45) is 1.72. The number of thioether (sulfide) groups is 1. The summed E-state index contributed by atoms with van der Waals surface area (Å²) in [6.45, 7) is 4.72. The Bertz CT molecular complexity index is 383. The number of carboxylic acids is 1. The van der Waals surface area contributed by atoms with Crippen molar-refractivity contribution in [3.8, 4) is 0 Å². The van der Waals surface area contributed by atoms with E-state index in [2.05, 4.69) is 12.2 Å². The molecular formula is C15H23NO2S. The third-order valence-electron chi connectivity index (χ3n) is 3.08. The van der Waals surface area contributed by atoms with Gasteiger partial charge in [0.2, 0.25) is 0 Å². The average molecular weight is 281 g/mol. The quantitative estimate of drug-likeness (QED) is 0.683. The van der Waals surface area contributed by atoms with Crippen LogP contribution >= 0.6 is 11.8 Å². The van der Waals surface area contributed by atoms with Gasteiger partial charge in [-0.15, -0.1) is 0 Å². The standard InChI is InChI=1S/C15H23NO2S/c1-3-11-19-12-10-15(14(17)18,16-4-2)13-8-6-5-7-9-13/h5-9,16H,3-4,10-12H2,1-2H3,(H,17,18). The lowest BCUT2D eigenvalue weighted by atomic mass is 9.87. The first-order valence-electron chi connectivity index (χ1n) is 6.79. The van der Waals surface area contributed by atoms with E-state index >= 15 is 0 Å². The molecule has 4 heteroatoms. The van der Waals surface area contributed by atoms with Crippen LogP contribution in [-0.4, -0.2) is 29.1 Å². The molecule has 3 nitrogen and oxygen atoms in total. The fourth-order valence-electron chi connectivity index (χ4n) is 2.14. The monoisotopic (exact) mass is 281 g/mol. The Hall–Kier alpha value is -1.00. The summed E-state index contributed by atoms with van der Waals surface area (Å²) in [5.41, 5.74) is -0.127. The van der Waals surface area contributed by atoms with Crippen LogP contribution in [0, 0.1) is 0 Å². The number of hydrogen-bond donors (Lipinski definition) is 2. The normalized spacial score (nSPS) is 14.0. The molecule has 1 atom stereocenters. The van der Waals surface area contributed by atoms with E-state index in [0.29, 0.717) is 13.0 Å². The molecule has 1 unspecified atom stereocenters. The molecule has 0 spiro atoms. The van der Waals surface area contributed by atoms with E-state index in [1.807, 2.05) is 49.0 Å². The number of hydrogen-bond acceptors (Lipinski definition) is 3. The summed E-state index contributed by atoms with van der Waals surface area (Å²) < 4.78 is 0. The second kappa shape index (κ2) is 8.23. The van der Waals surface area contributed by atoms with Crippen molar-refractivity contribution in [2.24, 2.45) is 0 Å². The summed E-state index contributed by atoms with van der Waals surface area (Å²) >= 11 is 1.81. The first-order chi connectivity index (χ1) is 9.17. The van der Waals surface area contributed by atoms with Crippen molar-refractivity contribution >= 4 is 17.7 Å². The minimum atomic E-state index is -0.962. The average Bonchev–Trinajstić information content (AvgIpc) is 2.43. The van der Waals surface area contributed by atoms with Gasteiger partial charge in [-0.05, 0) is 36.5 Å². The van der Waals surface area contributed by atoms with Crippen LogP contribution in [0.25, 0.3) is 0 Å². The zero-order chi connectivity index (χ0) is 14.1. The van der Waals surface area contributed by atoms with Gasteiger partial charge in [-0.3, -0.25) is 5.32 Å². The number of rotatable bonds is 9. The molecule has 0 radical (unpaired) electrons. The van der Waals surface area contributed by atoms with Gasteiger partial charge in [0.1, 0.15) is 5.54 Å². The molecule has 0 aliphatic heterocycles. The summed E-state index contributed by atoms with van der Waals surface area (Å²) in [5, 5.41) is 12.9. The lowest BCUT2D eigenvalue weighted by Gasteiger charge is -2.31. The highest BCUT2D eigenvalue weighted by Gasteiger charge is 2.38. The van der Waals surface area contributed by atoms with Gasteiger partial charge in [-0.1, -0.05) is 44.2 Å². The molecule has 0 heterocycles. The van der Waals surface area contributed by atoms with Crippen molar-refractivity contribution < 1.29 is 9.90 Å². The molecule has 1 rings (SSSR count). The van der Waals surface area contributed by atoms with Gasteiger partial charge >= 0.3 is 5.97 Å². The topological polar surface area (TPSA) is 49.3 Å². The Morgan fingerprint density at radius 2 is 1.95 bits per heavy atom. The van der Waals surface area contributed by atoms with Crippen molar-refractivity contribution in [3.63, 3.8) is 0 Å². The molecule has 106 valence electrons. The van der Waals surface area contributed by atoms with Crippen molar-refractivity contribution in [1.29, 1.82) is 0 Å². The first kappa shape index (κ1) is 16.1. The Morgan fingerprint density at radius 3 is 2.47 bits per heavy atom. The number of carboxylic acid groups (broad SMARTS) is 1. The maximum atomic E-state index is 11.8. The zero-order valence-electron chi connectivity index (χ0n) is 11.7. The van der Waals surface area contributed by atoms with E-state index < -0.39 is 11.5 Å². The number of aliphatic carboxylic acids is 1. The number of carbonyl (C=O) groups is 1. The highest BCUT2D eigenvalue weighted by Crippen LogP contribution is 2.27. The number of nitrogens with one attached hydrogen (secondary N) is 1. The third kappa shape index (κ3) is 4.25. The molecule has 1 aromatic carbocycles. The Kier molecular flexibility index (Phi) is 6.95. The largest absolute Gasteiger partial charge is 0.480 e. The zero-order valence-corrected chi connectivity index (χ0v) is 12.5. The van der Waals surface area contributed by atoms with Gasteiger partial charge in [-0.25, -0.2) is 4.79 Å². The highest BCUT2D eigenvalue weighted by atomic mass is 32.2. The van der Waals surface area contributed by atoms with Crippen LogP contribution in [0.5, 0.6) is 0 Å². The molecule has 1 aromatic rings. The van der Waals surface area contributed by atoms with Crippen LogP contribution < -0.4 is 5.32 Å². The molecule has 0 saturated carbocycles. The lowest BCUT2D eigenvalue weighted by molar-refractivity contribution is -0.145. The lowest BCUT2D eigenvalue weighted by Crippen LogP contribution is -2.49. The van der Waals surface area contributed by atoms with Crippen LogP contribution in [0.2, 0.25) is 0 Å². The second-order valence-corrected chi connectivity index (χ2v) is 5.69. The predicted molar refractivity (Wildman–Crippen MR) is 81.7 cm³/mol. The molecule has 0 aromatic heterocycles. The Labute approximate surface area is 119 Å². The summed E-state index contributed by atoms with van der Waals surface area (Å²) in [6, 6.07) is 9.48. The summed E-state index contributed by atoms with van der Waals surface area (Å²) in [5.74, 6) is 1.14. The van der Waals surface area contributed by atoms with Crippen molar-refractivity contribution in [3.05, 3.63) is 35.9 Å². The second-order valence-electron chi connectivity index (χ2n) is 4.47. The molecule has 0 saturated heterocycles. The first-order valence-corrected chi connectivity index (χ1v) is 7.94. The maximum Gasteiger partial charge on any atom is 0.328 e. The minimum absolute atomic E-state index is 0.602. The van der Waals surface area contributed by atoms with E-state index in [0.717, 1.165) is 23.5 Å². The molecule has 0 aliphatic carbocycles. The van der Waals surface area contributed by atoms with Crippen LogP contribution in [0.1, 0.15) is 32.3 Å². The molecule has 0 aliphatic rings. The van der Waals surface area contributed by atoms with Crippen LogP contribution in [0.4, 0.5) is 0 Å². The summed E-state index contributed by atoms with van der Waals surface area (Å²) in [4.78, 5) is 11.8. The van der Waals surface area contributed by atoms with Crippen molar-refractivity contribution in [1.82, 2.24) is 5.32 Å².